The van der Waals surface area contributed by atoms with Gasteiger partial charge in [0.2, 0.25) is 0 Å². The third-order valence-electron chi connectivity index (χ3n) is 3.91. The maximum absolute atomic E-state index is 13.6. The Bertz CT molecular complexity index is 522. The maximum atomic E-state index is 13.6. The Hall–Kier alpha value is -1.69. The summed E-state index contributed by atoms with van der Waals surface area (Å²) in [4.78, 5) is 4.28. The second-order valence-electron chi connectivity index (χ2n) is 5.57. The number of hydrogen-bond acceptors (Lipinski definition) is 2. The van der Waals surface area contributed by atoms with Crippen molar-refractivity contribution in [3.63, 3.8) is 0 Å². The van der Waals surface area contributed by atoms with Crippen LogP contribution in [0, 0.1) is 17.6 Å². The number of benzene rings is 1. The fraction of sp³-hybridized carbons (Fsp3) is 0.562. The molecule has 122 valence electrons. The van der Waals surface area contributed by atoms with E-state index in [1.807, 2.05) is 6.92 Å². The van der Waals surface area contributed by atoms with Crippen molar-refractivity contribution in [1.82, 2.24) is 10.6 Å². The zero-order valence-electron chi connectivity index (χ0n) is 12.8. The second kappa shape index (κ2) is 8.08. The molecule has 6 heteroatoms. The lowest BCUT2D eigenvalue weighted by Crippen LogP contribution is -2.41. The van der Waals surface area contributed by atoms with Crippen LogP contribution in [0.2, 0.25) is 0 Å². The van der Waals surface area contributed by atoms with Gasteiger partial charge in [-0.15, -0.1) is 0 Å². The first-order chi connectivity index (χ1) is 10.6. The average molecular weight is 311 g/mol. The SMILES string of the molecule is CCNC(=NCc1cc(F)ccc1F)NCC1CCCC1O. The highest BCUT2D eigenvalue weighted by atomic mass is 19.1. The van der Waals surface area contributed by atoms with Crippen LogP contribution in [-0.2, 0) is 6.54 Å². The number of halogens is 2. The molecule has 1 fully saturated rings. The van der Waals surface area contributed by atoms with Crippen LogP contribution in [0.25, 0.3) is 0 Å². The first-order valence-corrected chi connectivity index (χ1v) is 7.74. The largest absolute Gasteiger partial charge is 0.393 e. The Morgan fingerprint density at radius 2 is 2.14 bits per heavy atom. The molecule has 1 aliphatic carbocycles. The van der Waals surface area contributed by atoms with E-state index in [1.165, 1.54) is 0 Å². The average Bonchev–Trinajstić information content (AvgIpc) is 2.90. The van der Waals surface area contributed by atoms with E-state index < -0.39 is 11.6 Å². The van der Waals surface area contributed by atoms with Crippen LogP contribution in [0.1, 0.15) is 31.7 Å². The molecule has 0 bridgehead atoms. The Kier molecular flexibility index (Phi) is 6.12. The monoisotopic (exact) mass is 311 g/mol. The van der Waals surface area contributed by atoms with E-state index in [4.69, 9.17) is 0 Å². The van der Waals surface area contributed by atoms with E-state index >= 15 is 0 Å². The molecule has 2 unspecified atom stereocenters. The summed E-state index contributed by atoms with van der Waals surface area (Å²) < 4.78 is 26.7. The van der Waals surface area contributed by atoms with E-state index in [9.17, 15) is 13.9 Å². The molecule has 0 aromatic heterocycles. The predicted octanol–water partition coefficient (Wildman–Crippen LogP) is 2.18. The maximum Gasteiger partial charge on any atom is 0.191 e. The van der Waals surface area contributed by atoms with E-state index in [0.29, 0.717) is 19.0 Å². The highest BCUT2D eigenvalue weighted by Gasteiger charge is 2.24. The molecule has 3 N–H and O–H groups in total. The Labute approximate surface area is 129 Å². The first kappa shape index (κ1) is 16.7. The van der Waals surface area contributed by atoms with Gasteiger partial charge in [-0.25, -0.2) is 13.8 Å². The van der Waals surface area contributed by atoms with Gasteiger partial charge in [0.1, 0.15) is 11.6 Å². The Morgan fingerprint density at radius 3 is 2.82 bits per heavy atom. The first-order valence-electron chi connectivity index (χ1n) is 7.74. The van der Waals surface area contributed by atoms with E-state index in [0.717, 1.165) is 37.5 Å². The molecule has 1 saturated carbocycles. The molecule has 4 nitrogen and oxygen atoms in total. The van der Waals surface area contributed by atoms with Crippen molar-refractivity contribution in [3.05, 3.63) is 35.4 Å². The third-order valence-corrected chi connectivity index (χ3v) is 3.91. The number of aliphatic imine (C=N–C) groups is 1. The summed E-state index contributed by atoms with van der Waals surface area (Å²) in [5, 5.41) is 16.0. The summed E-state index contributed by atoms with van der Waals surface area (Å²) in [5.41, 5.74) is 0.220. The van der Waals surface area contributed by atoms with Gasteiger partial charge >= 0.3 is 0 Å². The number of nitrogens with one attached hydrogen (secondary N) is 2. The molecule has 0 amide bonds. The van der Waals surface area contributed by atoms with Crippen molar-refractivity contribution < 1.29 is 13.9 Å². The fourth-order valence-electron chi connectivity index (χ4n) is 2.65. The molecule has 2 rings (SSSR count). The van der Waals surface area contributed by atoms with Gasteiger partial charge in [0.15, 0.2) is 5.96 Å². The van der Waals surface area contributed by atoms with Crippen molar-refractivity contribution in [2.45, 2.75) is 38.8 Å². The molecular weight excluding hydrogens is 288 g/mol. The predicted molar refractivity (Wildman–Crippen MR) is 82.5 cm³/mol. The molecule has 22 heavy (non-hydrogen) atoms. The van der Waals surface area contributed by atoms with Gasteiger partial charge in [0.25, 0.3) is 0 Å². The molecule has 1 aromatic rings. The van der Waals surface area contributed by atoms with Gasteiger partial charge < -0.3 is 15.7 Å². The van der Waals surface area contributed by atoms with Crippen molar-refractivity contribution in [2.75, 3.05) is 13.1 Å². The molecule has 0 radical (unpaired) electrons. The molecule has 0 saturated heterocycles. The quantitative estimate of drug-likeness (QED) is 0.577. The smallest absolute Gasteiger partial charge is 0.191 e. The summed E-state index contributed by atoms with van der Waals surface area (Å²) in [6.07, 6.45) is 2.60. The van der Waals surface area contributed by atoms with Gasteiger partial charge in [-0.3, -0.25) is 0 Å². The van der Waals surface area contributed by atoms with Crippen LogP contribution in [-0.4, -0.2) is 30.3 Å². The van der Waals surface area contributed by atoms with Crippen molar-refractivity contribution in [3.8, 4) is 0 Å². The number of hydrogen-bond donors (Lipinski definition) is 3. The minimum Gasteiger partial charge on any atom is -0.393 e. The van der Waals surface area contributed by atoms with Gasteiger partial charge in [0.05, 0.1) is 12.6 Å². The molecule has 0 heterocycles. The summed E-state index contributed by atoms with van der Waals surface area (Å²) >= 11 is 0. The zero-order valence-corrected chi connectivity index (χ0v) is 12.8. The fourth-order valence-corrected chi connectivity index (χ4v) is 2.65. The second-order valence-corrected chi connectivity index (χ2v) is 5.57. The summed E-state index contributed by atoms with van der Waals surface area (Å²) in [7, 11) is 0. The van der Waals surface area contributed by atoms with Gasteiger partial charge in [-0.2, -0.15) is 0 Å². The van der Waals surface area contributed by atoms with E-state index in [1.54, 1.807) is 0 Å². The van der Waals surface area contributed by atoms with Crippen LogP contribution < -0.4 is 10.6 Å². The lowest BCUT2D eigenvalue weighted by atomic mass is 10.1. The van der Waals surface area contributed by atoms with Crippen LogP contribution in [0.5, 0.6) is 0 Å². The zero-order chi connectivity index (χ0) is 15.9. The molecule has 1 aliphatic rings. The summed E-state index contributed by atoms with van der Waals surface area (Å²) in [5.74, 6) is -0.175. The van der Waals surface area contributed by atoms with Crippen LogP contribution in [0.4, 0.5) is 8.78 Å². The molecular formula is C16H23F2N3O. The molecule has 2 atom stereocenters. The number of rotatable bonds is 5. The van der Waals surface area contributed by atoms with Crippen LogP contribution in [0.3, 0.4) is 0 Å². The van der Waals surface area contributed by atoms with Crippen molar-refractivity contribution >= 4 is 5.96 Å². The standard InChI is InChI=1S/C16H23F2N3O/c1-2-19-16(20-9-11-4-3-5-15(11)22)21-10-12-8-13(17)6-7-14(12)18/h6-8,11,15,22H,2-5,9-10H2,1H3,(H2,19,20,21). The highest BCUT2D eigenvalue weighted by molar-refractivity contribution is 5.79. The number of aliphatic hydroxyl groups is 1. The minimum atomic E-state index is -0.473. The van der Waals surface area contributed by atoms with Gasteiger partial charge in [0, 0.05) is 24.6 Å². The van der Waals surface area contributed by atoms with E-state index in [2.05, 4.69) is 15.6 Å². The summed E-state index contributed by atoms with van der Waals surface area (Å²) in [6, 6.07) is 3.35. The molecule has 0 aliphatic heterocycles. The van der Waals surface area contributed by atoms with Crippen LogP contribution in [0.15, 0.2) is 23.2 Å². The van der Waals surface area contributed by atoms with Crippen molar-refractivity contribution in [1.29, 1.82) is 0 Å². The van der Waals surface area contributed by atoms with Crippen LogP contribution >= 0.6 is 0 Å². The third kappa shape index (κ3) is 4.66. The lowest BCUT2D eigenvalue weighted by molar-refractivity contribution is 0.134. The molecule has 0 spiro atoms. The van der Waals surface area contributed by atoms with Gasteiger partial charge in [-0.1, -0.05) is 6.42 Å². The number of guanidine groups is 1. The topological polar surface area (TPSA) is 56.7 Å². The number of aliphatic hydroxyl groups excluding tert-OH is 1. The lowest BCUT2D eigenvalue weighted by Gasteiger charge is -2.17. The summed E-state index contributed by atoms with van der Waals surface area (Å²) in [6.45, 7) is 3.29. The van der Waals surface area contributed by atoms with E-state index in [-0.39, 0.29) is 24.1 Å². The minimum absolute atomic E-state index is 0.0617. The Balaban J connectivity index is 1.95. The highest BCUT2D eigenvalue weighted by Crippen LogP contribution is 2.24. The normalized spacial score (nSPS) is 21.9. The number of nitrogens with zero attached hydrogens (tertiary/aromatic N) is 1. The molecule has 1 aromatic carbocycles. The Morgan fingerprint density at radius 1 is 1.32 bits per heavy atom. The van der Waals surface area contributed by atoms with Crippen molar-refractivity contribution in [2.24, 2.45) is 10.9 Å². The van der Waals surface area contributed by atoms with Gasteiger partial charge in [-0.05, 0) is 38.0 Å².